The summed E-state index contributed by atoms with van der Waals surface area (Å²) < 4.78 is 5.66. The minimum absolute atomic E-state index is 0.0425. The number of carbonyl (C=O) groups is 1. The van der Waals surface area contributed by atoms with Crippen LogP contribution in [0.15, 0.2) is 12.3 Å². The van der Waals surface area contributed by atoms with Crippen LogP contribution in [0.4, 0.5) is 0 Å². The summed E-state index contributed by atoms with van der Waals surface area (Å²) in [6.07, 6.45) is 1.28. The molecule has 0 bridgehead atoms. The lowest BCUT2D eigenvalue weighted by molar-refractivity contribution is 0.0367. The molecule has 1 rings (SSSR count). The highest BCUT2D eigenvalue weighted by Crippen LogP contribution is 2.18. The van der Waals surface area contributed by atoms with E-state index in [0.29, 0.717) is 0 Å². The van der Waals surface area contributed by atoms with Crippen molar-refractivity contribution in [3.8, 4) is 5.75 Å². The van der Waals surface area contributed by atoms with Crippen LogP contribution in [0.2, 0.25) is 0 Å². The van der Waals surface area contributed by atoms with E-state index in [0.717, 1.165) is 3.57 Å². The second-order valence-corrected chi connectivity index (χ2v) is 4.22. The van der Waals surface area contributed by atoms with Crippen LogP contribution in [0.3, 0.4) is 0 Å². The van der Waals surface area contributed by atoms with Crippen molar-refractivity contribution >= 4 is 28.6 Å². The van der Waals surface area contributed by atoms with Crippen LogP contribution in [0.25, 0.3) is 0 Å². The summed E-state index contributed by atoms with van der Waals surface area (Å²) in [5, 5.41) is 9.41. The molecule has 0 unspecified atom stereocenters. The first kappa shape index (κ1) is 11.2. The third-order valence-corrected chi connectivity index (χ3v) is 1.96. The Balaban J connectivity index is 2.90. The van der Waals surface area contributed by atoms with E-state index in [1.54, 1.807) is 13.8 Å². The Morgan fingerprint density at radius 1 is 1.64 bits per heavy atom. The molecule has 14 heavy (non-hydrogen) atoms. The van der Waals surface area contributed by atoms with Gasteiger partial charge in [-0.15, -0.1) is 0 Å². The minimum atomic E-state index is -0.603. The Labute approximate surface area is 95.4 Å². The molecule has 0 aliphatic carbocycles. The summed E-state index contributed by atoms with van der Waals surface area (Å²) in [4.78, 5) is 15.1. The van der Waals surface area contributed by atoms with E-state index in [1.807, 2.05) is 22.6 Å². The molecular formula is C9H10INO3. The van der Waals surface area contributed by atoms with E-state index in [1.165, 1.54) is 12.3 Å². The quantitative estimate of drug-likeness (QED) is 0.670. The van der Waals surface area contributed by atoms with E-state index >= 15 is 0 Å². The van der Waals surface area contributed by atoms with Crippen LogP contribution in [-0.2, 0) is 4.74 Å². The lowest BCUT2D eigenvalue weighted by Gasteiger charge is -2.07. The number of hydrogen-bond acceptors (Lipinski definition) is 4. The van der Waals surface area contributed by atoms with Crippen molar-refractivity contribution in [2.45, 2.75) is 20.0 Å². The van der Waals surface area contributed by atoms with Crippen molar-refractivity contribution in [2.75, 3.05) is 0 Å². The average molecular weight is 307 g/mol. The molecule has 0 radical (unpaired) electrons. The molecule has 0 aliphatic heterocycles. The first-order valence-corrected chi connectivity index (χ1v) is 5.14. The minimum Gasteiger partial charge on any atom is -0.505 e. The Morgan fingerprint density at radius 2 is 2.29 bits per heavy atom. The molecule has 1 aromatic rings. The number of halogens is 1. The van der Waals surface area contributed by atoms with Crippen LogP contribution in [0, 0.1) is 3.57 Å². The predicted molar refractivity (Wildman–Crippen MR) is 59.2 cm³/mol. The van der Waals surface area contributed by atoms with Crippen molar-refractivity contribution < 1.29 is 14.6 Å². The summed E-state index contributed by atoms with van der Waals surface area (Å²) in [6.45, 7) is 3.48. The van der Waals surface area contributed by atoms with Crippen molar-refractivity contribution in [3.05, 3.63) is 21.5 Å². The molecule has 0 saturated carbocycles. The summed E-state index contributed by atoms with van der Waals surface area (Å²) in [6, 6.07) is 1.46. The number of pyridine rings is 1. The Bertz CT molecular complexity index is 352. The SMILES string of the molecule is CC(C)OC(=O)c1ncc(I)cc1O. The zero-order chi connectivity index (χ0) is 10.7. The molecule has 0 aliphatic rings. The van der Waals surface area contributed by atoms with Crippen molar-refractivity contribution in [1.29, 1.82) is 0 Å². The van der Waals surface area contributed by atoms with Gasteiger partial charge in [0.2, 0.25) is 0 Å². The molecule has 76 valence electrons. The maximum atomic E-state index is 11.3. The number of aromatic nitrogens is 1. The first-order valence-electron chi connectivity index (χ1n) is 4.06. The summed E-state index contributed by atoms with van der Waals surface area (Å²) >= 11 is 2.00. The van der Waals surface area contributed by atoms with Gasteiger partial charge in [0.25, 0.3) is 0 Å². The number of hydrogen-bond donors (Lipinski definition) is 1. The molecule has 0 aromatic carbocycles. The van der Waals surface area contributed by atoms with Gasteiger partial charge in [-0.3, -0.25) is 0 Å². The van der Waals surface area contributed by atoms with E-state index < -0.39 is 5.97 Å². The van der Waals surface area contributed by atoms with Crippen LogP contribution in [0.1, 0.15) is 24.3 Å². The summed E-state index contributed by atoms with van der Waals surface area (Å²) in [7, 11) is 0. The molecule has 0 fully saturated rings. The van der Waals surface area contributed by atoms with Gasteiger partial charge in [-0.25, -0.2) is 9.78 Å². The van der Waals surface area contributed by atoms with Crippen LogP contribution in [0.5, 0.6) is 5.75 Å². The largest absolute Gasteiger partial charge is 0.505 e. The van der Waals surface area contributed by atoms with Crippen molar-refractivity contribution in [1.82, 2.24) is 4.98 Å². The molecule has 0 atom stereocenters. The van der Waals surface area contributed by atoms with Crippen LogP contribution < -0.4 is 0 Å². The third-order valence-electron chi connectivity index (χ3n) is 1.37. The maximum absolute atomic E-state index is 11.3. The van der Waals surface area contributed by atoms with Gasteiger partial charge in [0, 0.05) is 9.77 Å². The monoisotopic (exact) mass is 307 g/mol. The molecule has 0 spiro atoms. The lowest BCUT2D eigenvalue weighted by Crippen LogP contribution is -2.13. The van der Waals surface area contributed by atoms with Crippen LogP contribution in [-0.4, -0.2) is 22.2 Å². The smallest absolute Gasteiger partial charge is 0.361 e. The molecule has 0 amide bonds. The fourth-order valence-electron chi connectivity index (χ4n) is 0.856. The lowest BCUT2D eigenvalue weighted by atomic mass is 10.3. The molecule has 1 N–H and O–H groups in total. The van der Waals surface area contributed by atoms with Gasteiger partial charge in [0.05, 0.1) is 6.10 Å². The molecular weight excluding hydrogens is 297 g/mol. The van der Waals surface area contributed by atoms with Crippen LogP contribution >= 0.6 is 22.6 Å². The van der Waals surface area contributed by atoms with Crippen molar-refractivity contribution in [2.24, 2.45) is 0 Å². The Kier molecular flexibility index (Phi) is 3.68. The van der Waals surface area contributed by atoms with Gasteiger partial charge in [-0.1, -0.05) is 0 Å². The third kappa shape index (κ3) is 2.83. The highest BCUT2D eigenvalue weighted by atomic mass is 127. The average Bonchev–Trinajstić information content (AvgIpc) is 2.01. The van der Waals surface area contributed by atoms with Gasteiger partial charge >= 0.3 is 5.97 Å². The van der Waals surface area contributed by atoms with Crippen molar-refractivity contribution in [3.63, 3.8) is 0 Å². The topological polar surface area (TPSA) is 59.4 Å². The summed E-state index contributed by atoms with van der Waals surface area (Å²) in [5.41, 5.74) is -0.0425. The Hall–Kier alpha value is -0.850. The van der Waals surface area contributed by atoms with Gasteiger partial charge in [-0.2, -0.15) is 0 Å². The van der Waals surface area contributed by atoms with E-state index in [-0.39, 0.29) is 17.5 Å². The Morgan fingerprint density at radius 3 is 2.79 bits per heavy atom. The van der Waals surface area contributed by atoms with E-state index in [4.69, 9.17) is 4.74 Å². The fourth-order valence-corrected chi connectivity index (χ4v) is 1.29. The number of ether oxygens (including phenoxy) is 1. The number of aromatic hydroxyl groups is 1. The normalized spacial score (nSPS) is 10.3. The fraction of sp³-hybridized carbons (Fsp3) is 0.333. The molecule has 1 heterocycles. The standard InChI is InChI=1S/C9H10INO3/c1-5(2)14-9(13)8-7(12)3-6(10)4-11-8/h3-5,12H,1-2H3. The van der Waals surface area contributed by atoms with Gasteiger partial charge in [-0.05, 0) is 42.5 Å². The zero-order valence-electron chi connectivity index (χ0n) is 7.82. The second kappa shape index (κ2) is 4.59. The second-order valence-electron chi connectivity index (χ2n) is 2.98. The number of rotatable bonds is 2. The zero-order valence-corrected chi connectivity index (χ0v) is 9.98. The van der Waals surface area contributed by atoms with E-state index in [2.05, 4.69) is 4.98 Å². The van der Waals surface area contributed by atoms with Gasteiger partial charge in [0.15, 0.2) is 5.69 Å². The van der Waals surface area contributed by atoms with E-state index in [9.17, 15) is 9.90 Å². The highest BCUT2D eigenvalue weighted by molar-refractivity contribution is 14.1. The van der Waals surface area contributed by atoms with Gasteiger partial charge < -0.3 is 9.84 Å². The molecule has 5 heteroatoms. The maximum Gasteiger partial charge on any atom is 0.361 e. The molecule has 4 nitrogen and oxygen atoms in total. The number of carbonyl (C=O) groups excluding carboxylic acids is 1. The highest BCUT2D eigenvalue weighted by Gasteiger charge is 2.15. The predicted octanol–water partition coefficient (Wildman–Crippen LogP) is 1.96. The van der Waals surface area contributed by atoms with Gasteiger partial charge in [0.1, 0.15) is 5.75 Å². The number of esters is 1. The first-order chi connectivity index (χ1) is 6.50. The molecule has 1 aromatic heterocycles. The molecule has 0 saturated heterocycles. The number of nitrogens with zero attached hydrogens (tertiary/aromatic N) is 1. The summed E-state index contributed by atoms with van der Waals surface area (Å²) in [5.74, 6) is -0.753.